The van der Waals surface area contributed by atoms with Crippen LogP contribution in [0, 0.1) is 0 Å². The van der Waals surface area contributed by atoms with Crippen LogP contribution in [0.5, 0.6) is 0 Å². The summed E-state index contributed by atoms with van der Waals surface area (Å²) in [5.41, 5.74) is 7.00. The largest absolute Gasteiger partial charge is 0.383 e. The Morgan fingerprint density at radius 1 is 1.42 bits per heavy atom. The molecule has 2 heterocycles. The van der Waals surface area contributed by atoms with E-state index in [2.05, 4.69) is 34.0 Å². The first kappa shape index (κ1) is 14.1. The summed E-state index contributed by atoms with van der Waals surface area (Å²) in [5, 5.41) is 3.47. The molecule has 1 aromatic heterocycles. The molecule has 5 heteroatoms. The van der Waals surface area contributed by atoms with E-state index in [1.54, 1.807) is 6.33 Å². The normalized spacial score (nSPS) is 19.8. The number of hydrogen-bond donors (Lipinski definition) is 2. The molecule has 3 N–H and O–H groups in total. The van der Waals surface area contributed by atoms with E-state index >= 15 is 0 Å². The van der Waals surface area contributed by atoms with Crippen LogP contribution in [0.2, 0.25) is 0 Å². The molecule has 5 nitrogen and oxygen atoms in total. The highest BCUT2D eigenvalue weighted by Crippen LogP contribution is 2.21. The predicted molar refractivity (Wildman–Crippen MR) is 79.2 cm³/mol. The minimum Gasteiger partial charge on any atom is -0.383 e. The van der Waals surface area contributed by atoms with Gasteiger partial charge in [0.1, 0.15) is 18.0 Å². The van der Waals surface area contributed by atoms with Gasteiger partial charge >= 0.3 is 0 Å². The zero-order valence-corrected chi connectivity index (χ0v) is 12.0. The molecule has 1 aliphatic heterocycles. The van der Waals surface area contributed by atoms with Gasteiger partial charge in [0.2, 0.25) is 0 Å². The first-order valence-electron chi connectivity index (χ1n) is 7.33. The molecule has 19 heavy (non-hydrogen) atoms. The van der Waals surface area contributed by atoms with E-state index < -0.39 is 0 Å². The number of anilines is 2. The fourth-order valence-corrected chi connectivity index (χ4v) is 2.83. The highest BCUT2D eigenvalue weighted by Gasteiger charge is 2.23. The first-order valence-corrected chi connectivity index (χ1v) is 7.33. The van der Waals surface area contributed by atoms with Crippen LogP contribution in [-0.2, 0) is 6.42 Å². The lowest BCUT2D eigenvalue weighted by atomic mass is 10.1. The molecule has 1 unspecified atom stereocenters. The zero-order chi connectivity index (χ0) is 13.7. The van der Waals surface area contributed by atoms with Crippen molar-refractivity contribution in [1.82, 2.24) is 14.9 Å². The SMILES string of the molecule is CCCc1c(N)ncnc1NCC1CCCN1CC. The second-order valence-corrected chi connectivity index (χ2v) is 5.14. The van der Waals surface area contributed by atoms with E-state index in [0.717, 1.165) is 37.3 Å². The lowest BCUT2D eigenvalue weighted by Crippen LogP contribution is -2.35. The van der Waals surface area contributed by atoms with Crippen molar-refractivity contribution < 1.29 is 0 Å². The standard InChI is InChI=1S/C14H25N5/c1-3-6-12-13(15)17-10-18-14(12)16-9-11-7-5-8-19(11)4-2/h10-11H,3-9H2,1-2H3,(H3,15,16,17,18). The van der Waals surface area contributed by atoms with E-state index in [1.165, 1.54) is 19.4 Å². The van der Waals surface area contributed by atoms with Crippen LogP contribution in [0.25, 0.3) is 0 Å². The van der Waals surface area contributed by atoms with Gasteiger partial charge in [0.05, 0.1) is 0 Å². The number of nitrogens with one attached hydrogen (secondary N) is 1. The highest BCUT2D eigenvalue weighted by atomic mass is 15.2. The van der Waals surface area contributed by atoms with Crippen LogP contribution in [0.4, 0.5) is 11.6 Å². The maximum absolute atomic E-state index is 5.94. The summed E-state index contributed by atoms with van der Waals surface area (Å²) in [6.07, 6.45) is 6.09. The predicted octanol–water partition coefficient (Wildman–Crippen LogP) is 1.91. The van der Waals surface area contributed by atoms with Crippen molar-refractivity contribution in [1.29, 1.82) is 0 Å². The van der Waals surface area contributed by atoms with E-state index in [9.17, 15) is 0 Å². The van der Waals surface area contributed by atoms with Crippen LogP contribution in [-0.4, -0.2) is 40.5 Å². The van der Waals surface area contributed by atoms with Crippen molar-refractivity contribution >= 4 is 11.6 Å². The maximum Gasteiger partial charge on any atom is 0.134 e. The van der Waals surface area contributed by atoms with Crippen molar-refractivity contribution in [2.45, 2.75) is 45.6 Å². The maximum atomic E-state index is 5.94. The fraction of sp³-hybridized carbons (Fsp3) is 0.714. The number of nitrogens with two attached hydrogens (primary N) is 1. The van der Waals surface area contributed by atoms with Gasteiger partial charge in [0.25, 0.3) is 0 Å². The smallest absolute Gasteiger partial charge is 0.134 e. The third-order valence-corrected chi connectivity index (χ3v) is 3.89. The Kier molecular flexibility index (Phi) is 4.96. The van der Waals surface area contributed by atoms with E-state index in [1.807, 2.05) is 0 Å². The number of nitrogens with zero attached hydrogens (tertiary/aromatic N) is 3. The first-order chi connectivity index (χ1) is 9.26. The number of nitrogen functional groups attached to an aromatic ring is 1. The third kappa shape index (κ3) is 3.35. The molecule has 0 radical (unpaired) electrons. The summed E-state index contributed by atoms with van der Waals surface area (Å²) in [5.74, 6) is 1.52. The lowest BCUT2D eigenvalue weighted by molar-refractivity contribution is 0.277. The van der Waals surface area contributed by atoms with Crippen LogP contribution in [0.3, 0.4) is 0 Å². The van der Waals surface area contributed by atoms with Crippen LogP contribution in [0.1, 0.15) is 38.7 Å². The average molecular weight is 263 g/mol. The zero-order valence-electron chi connectivity index (χ0n) is 12.0. The summed E-state index contributed by atoms with van der Waals surface area (Å²) in [4.78, 5) is 11.0. The summed E-state index contributed by atoms with van der Waals surface area (Å²) in [6, 6.07) is 0.621. The average Bonchev–Trinajstić information content (AvgIpc) is 2.87. The molecule has 1 aliphatic rings. The molecule has 1 aromatic rings. The minimum absolute atomic E-state index is 0.609. The van der Waals surface area contributed by atoms with Crippen LogP contribution < -0.4 is 11.1 Å². The third-order valence-electron chi connectivity index (χ3n) is 3.89. The molecule has 2 rings (SSSR count). The van der Waals surface area contributed by atoms with Gasteiger partial charge in [-0.05, 0) is 32.4 Å². The van der Waals surface area contributed by atoms with Gasteiger partial charge in [-0.15, -0.1) is 0 Å². The Hall–Kier alpha value is -1.36. The molecule has 0 aliphatic carbocycles. The van der Waals surface area contributed by atoms with Gasteiger partial charge in [0, 0.05) is 18.2 Å². The second kappa shape index (κ2) is 6.70. The molecule has 0 spiro atoms. The minimum atomic E-state index is 0.609. The quantitative estimate of drug-likeness (QED) is 0.820. The van der Waals surface area contributed by atoms with Gasteiger partial charge in [-0.1, -0.05) is 20.3 Å². The summed E-state index contributed by atoms with van der Waals surface area (Å²) < 4.78 is 0. The molecule has 106 valence electrons. The summed E-state index contributed by atoms with van der Waals surface area (Å²) >= 11 is 0. The van der Waals surface area contributed by atoms with Crippen molar-refractivity contribution in [3.8, 4) is 0 Å². The van der Waals surface area contributed by atoms with Crippen molar-refractivity contribution in [2.24, 2.45) is 0 Å². The van der Waals surface area contributed by atoms with Crippen molar-refractivity contribution in [3.63, 3.8) is 0 Å². The molecular weight excluding hydrogens is 238 g/mol. The number of rotatable bonds is 6. The van der Waals surface area contributed by atoms with Crippen molar-refractivity contribution in [2.75, 3.05) is 30.7 Å². The molecule has 0 bridgehead atoms. The van der Waals surface area contributed by atoms with Crippen LogP contribution >= 0.6 is 0 Å². The van der Waals surface area contributed by atoms with E-state index in [4.69, 9.17) is 5.73 Å². The Labute approximate surface area is 115 Å². The lowest BCUT2D eigenvalue weighted by Gasteiger charge is -2.23. The topological polar surface area (TPSA) is 67.1 Å². The summed E-state index contributed by atoms with van der Waals surface area (Å²) in [7, 11) is 0. The fourth-order valence-electron chi connectivity index (χ4n) is 2.83. The Morgan fingerprint density at radius 2 is 2.26 bits per heavy atom. The van der Waals surface area contributed by atoms with Gasteiger partial charge in [-0.3, -0.25) is 4.90 Å². The second-order valence-electron chi connectivity index (χ2n) is 5.14. The van der Waals surface area contributed by atoms with Gasteiger partial charge < -0.3 is 11.1 Å². The molecule has 1 saturated heterocycles. The van der Waals surface area contributed by atoms with Gasteiger partial charge in [-0.2, -0.15) is 0 Å². The number of aromatic nitrogens is 2. The molecule has 1 atom stereocenters. The van der Waals surface area contributed by atoms with Crippen molar-refractivity contribution in [3.05, 3.63) is 11.9 Å². The molecule has 1 fully saturated rings. The van der Waals surface area contributed by atoms with Gasteiger partial charge in [-0.25, -0.2) is 9.97 Å². The van der Waals surface area contributed by atoms with E-state index in [-0.39, 0.29) is 0 Å². The van der Waals surface area contributed by atoms with E-state index in [0.29, 0.717) is 11.9 Å². The number of likely N-dealkylation sites (N-methyl/N-ethyl adjacent to an activating group) is 1. The Balaban J connectivity index is 2.01. The number of likely N-dealkylation sites (tertiary alicyclic amines) is 1. The van der Waals surface area contributed by atoms with Gasteiger partial charge in [0.15, 0.2) is 0 Å². The molecule has 0 aromatic carbocycles. The Bertz CT molecular complexity index is 407. The monoisotopic (exact) mass is 263 g/mol. The summed E-state index contributed by atoms with van der Waals surface area (Å²) in [6.45, 7) is 7.66. The number of hydrogen-bond acceptors (Lipinski definition) is 5. The molecule has 0 saturated carbocycles. The molecule has 0 amide bonds. The Morgan fingerprint density at radius 3 is 3.00 bits per heavy atom. The molecular formula is C14H25N5. The van der Waals surface area contributed by atoms with Crippen LogP contribution in [0.15, 0.2) is 6.33 Å². The highest BCUT2D eigenvalue weighted by molar-refractivity contribution is 5.55.